The lowest BCUT2D eigenvalue weighted by atomic mass is 9.88. The van der Waals surface area contributed by atoms with Gasteiger partial charge in [-0.3, -0.25) is 0 Å². The first-order chi connectivity index (χ1) is 12.9. The zero-order chi connectivity index (χ0) is 20.2. The van der Waals surface area contributed by atoms with Gasteiger partial charge in [0.1, 0.15) is 0 Å². The first-order valence-electron chi connectivity index (χ1n) is 11.6. The van der Waals surface area contributed by atoms with E-state index in [9.17, 15) is 0 Å². The smallest absolute Gasteiger partial charge is 0.0967 e. The third-order valence-corrected chi connectivity index (χ3v) is 6.29. The average molecular weight is 378 g/mol. The van der Waals surface area contributed by atoms with Gasteiger partial charge in [-0.2, -0.15) is 0 Å². The van der Waals surface area contributed by atoms with Gasteiger partial charge in [-0.15, -0.1) is 0 Å². The van der Waals surface area contributed by atoms with E-state index in [1.54, 1.807) is 0 Å². The molecule has 0 saturated carbocycles. The van der Waals surface area contributed by atoms with E-state index in [1.165, 1.54) is 70.2 Å². The van der Waals surface area contributed by atoms with Crippen molar-refractivity contribution < 1.29 is 0 Å². The molecule has 0 aromatic heterocycles. The molecule has 3 atom stereocenters. The summed E-state index contributed by atoms with van der Waals surface area (Å²) in [5.74, 6) is 2.70. The zero-order valence-electron chi connectivity index (χ0n) is 18.9. The molecule has 0 heterocycles. The minimum Gasteiger partial charge on any atom is -0.385 e. The molecule has 1 aliphatic rings. The van der Waals surface area contributed by atoms with Crippen LogP contribution in [0.1, 0.15) is 98.8 Å². The Balaban J connectivity index is 3.02. The summed E-state index contributed by atoms with van der Waals surface area (Å²) in [6.45, 7) is 14.0. The molecule has 27 heavy (non-hydrogen) atoms. The predicted octanol–water partition coefficient (Wildman–Crippen LogP) is 6.16. The van der Waals surface area contributed by atoms with E-state index in [4.69, 9.17) is 11.5 Å². The van der Waals surface area contributed by atoms with E-state index in [-0.39, 0.29) is 0 Å². The highest BCUT2D eigenvalue weighted by molar-refractivity contribution is 5.30. The molecule has 0 spiro atoms. The van der Waals surface area contributed by atoms with Crippen molar-refractivity contribution in [3.8, 4) is 0 Å². The number of hydrogen-bond acceptors (Lipinski definition) is 3. The fraction of sp³-hybridized carbons (Fsp3) is 0.833. The largest absolute Gasteiger partial charge is 0.385 e. The number of nitrogens with zero attached hydrogens (tertiary/aromatic N) is 1. The molecule has 3 unspecified atom stereocenters. The Morgan fingerprint density at radius 3 is 1.89 bits per heavy atom. The van der Waals surface area contributed by atoms with Crippen LogP contribution in [0.25, 0.3) is 0 Å². The quantitative estimate of drug-likeness (QED) is 0.404. The van der Waals surface area contributed by atoms with Crippen LogP contribution in [0.3, 0.4) is 0 Å². The van der Waals surface area contributed by atoms with E-state index in [0.29, 0.717) is 11.7 Å². The second-order valence-corrected chi connectivity index (χ2v) is 8.87. The monoisotopic (exact) mass is 377 g/mol. The molecule has 1 rings (SSSR count). The fourth-order valence-electron chi connectivity index (χ4n) is 4.31. The van der Waals surface area contributed by atoms with Crippen molar-refractivity contribution >= 4 is 0 Å². The Kier molecular flexibility index (Phi) is 11.6. The van der Waals surface area contributed by atoms with Crippen molar-refractivity contribution in [1.29, 1.82) is 0 Å². The topological polar surface area (TPSA) is 55.3 Å². The molecule has 3 heteroatoms. The molecule has 0 aromatic rings. The van der Waals surface area contributed by atoms with Gasteiger partial charge in [-0.25, -0.2) is 0 Å². The SMILES string of the molecule is CCCCC(CC)CN(CC(CC)CCCC)C1=CC(=C(N)N)CC(C)C1. The summed E-state index contributed by atoms with van der Waals surface area (Å²) in [7, 11) is 0. The Morgan fingerprint density at radius 2 is 1.48 bits per heavy atom. The Morgan fingerprint density at radius 1 is 0.963 bits per heavy atom. The number of nitrogens with two attached hydrogens (primary N) is 2. The van der Waals surface area contributed by atoms with Crippen LogP contribution >= 0.6 is 0 Å². The zero-order valence-corrected chi connectivity index (χ0v) is 18.9. The standard InChI is InChI=1S/C24H47N3/c1-6-10-12-20(8-3)17-27(18-21(9-4)13-11-7-2)23-15-19(5)14-22(16-23)24(25)26/h16,19-21H,6-15,17-18,25-26H2,1-5H3. The minimum atomic E-state index is 0.509. The van der Waals surface area contributed by atoms with E-state index < -0.39 is 0 Å². The fourth-order valence-corrected chi connectivity index (χ4v) is 4.31. The van der Waals surface area contributed by atoms with Crippen LogP contribution in [-0.4, -0.2) is 18.0 Å². The molecule has 0 fully saturated rings. The van der Waals surface area contributed by atoms with Gasteiger partial charge in [0.25, 0.3) is 0 Å². The van der Waals surface area contributed by atoms with Crippen molar-refractivity contribution in [1.82, 2.24) is 4.90 Å². The third kappa shape index (κ3) is 8.62. The van der Waals surface area contributed by atoms with Gasteiger partial charge in [-0.1, -0.05) is 73.1 Å². The highest BCUT2D eigenvalue weighted by Crippen LogP contribution is 2.32. The molecule has 0 aromatic carbocycles. The molecule has 4 N–H and O–H groups in total. The number of rotatable bonds is 13. The number of hydrogen-bond donors (Lipinski definition) is 2. The Bertz CT molecular complexity index is 444. The first kappa shape index (κ1) is 23.9. The molecule has 0 bridgehead atoms. The van der Waals surface area contributed by atoms with E-state index in [1.807, 2.05) is 0 Å². The van der Waals surface area contributed by atoms with Crippen molar-refractivity contribution in [3.05, 3.63) is 23.2 Å². The molecule has 158 valence electrons. The Hall–Kier alpha value is -1.12. The third-order valence-electron chi connectivity index (χ3n) is 6.29. The lowest BCUT2D eigenvalue weighted by molar-refractivity contribution is 0.210. The van der Waals surface area contributed by atoms with Crippen LogP contribution < -0.4 is 11.5 Å². The normalized spacial score (nSPS) is 19.5. The summed E-state index contributed by atoms with van der Waals surface area (Å²) < 4.78 is 0. The molecule has 0 amide bonds. The maximum atomic E-state index is 5.97. The lowest BCUT2D eigenvalue weighted by Gasteiger charge is -2.37. The van der Waals surface area contributed by atoms with Crippen LogP contribution in [0.15, 0.2) is 23.2 Å². The highest BCUT2D eigenvalue weighted by atomic mass is 15.1. The van der Waals surface area contributed by atoms with Crippen LogP contribution in [0.4, 0.5) is 0 Å². The maximum absolute atomic E-state index is 5.97. The molecule has 3 nitrogen and oxygen atoms in total. The summed E-state index contributed by atoms with van der Waals surface area (Å²) in [6, 6.07) is 0. The Labute approximate surface area is 169 Å². The maximum Gasteiger partial charge on any atom is 0.0967 e. The molecule has 0 radical (unpaired) electrons. The van der Waals surface area contributed by atoms with Crippen molar-refractivity contribution in [3.63, 3.8) is 0 Å². The molecule has 0 aliphatic heterocycles. The van der Waals surface area contributed by atoms with Gasteiger partial charge in [-0.05, 0) is 55.1 Å². The van der Waals surface area contributed by atoms with Crippen molar-refractivity contribution in [2.45, 2.75) is 98.8 Å². The summed E-state index contributed by atoms with van der Waals surface area (Å²) in [5.41, 5.74) is 14.6. The van der Waals surface area contributed by atoms with Crippen molar-refractivity contribution in [2.24, 2.45) is 29.2 Å². The van der Waals surface area contributed by atoms with Gasteiger partial charge in [0.2, 0.25) is 0 Å². The lowest BCUT2D eigenvalue weighted by Crippen LogP contribution is -2.35. The predicted molar refractivity (Wildman–Crippen MR) is 120 cm³/mol. The first-order valence-corrected chi connectivity index (χ1v) is 11.6. The van der Waals surface area contributed by atoms with Crippen molar-refractivity contribution in [2.75, 3.05) is 13.1 Å². The summed E-state index contributed by atoms with van der Waals surface area (Å²) in [6.07, 6.45) is 15.0. The number of allylic oxidation sites excluding steroid dienone is 3. The van der Waals surface area contributed by atoms with E-state index >= 15 is 0 Å². The molecule has 0 saturated heterocycles. The van der Waals surface area contributed by atoms with Gasteiger partial charge >= 0.3 is 0 Å². The minimum absolute atomic E-state index is 0.509. The van der Waals surface area contributed by atoms with Crippen LogP contribution in [-0.2, 0) is 0 Å². The van der Waals surface area contributed by atoms with Crippen LogP contribution in [0, 0.1) is 17.8 Å². The molecular weight excluding hydrogens is 330 g/mol. The molecular formula is C24H47N3. The average Bonchev–Trinajstić information content (AvgIpc) is 2.66. The summed E-state index contributed by atoms with van der Waals surface area (Å²) >= 11 is 0. The second-order valence-electron chi connectivity index (χ2n) is 8.87. The summed E-state index contributed by atoms with van der Waals surface area (Å²) in [5, 5.41) is 0. The number of unbranched alkanes of at least 4 members (excludes halogenated alkanes) is 2. The van der Waals surface area contributed by atoms with Gasteiger partial charge in [0, 0.05) is 18.8 Å². The van der Waals surface area contributed by atoms with Gasteiger partial charge < -0.3 is 16.4 Å². The summed E-state index contributed by atoms with van der Waals surface area (Å²) in [4.78, 5) is 2.71. The van der Waals surface area contributed by atoms with Gasteiger partial charge in [0.05, 0.1) is 5.82 Å². The highest BCUT2D eigenvalue weighted by Gasteiger charge is 2.24. The van der Waals surface area contributed by atoms with E-state index in [2.05, 4.69) is 45.6 Å². The second kappa shape index (κ2) is 13.1. The van der Waals surface area contributed by atoms with Crippen LogP contribution in [0.5, 0.6) is 0 Å². The molecule has 1 aliphatic carbocycles. The van der Waals surface area contributed by atoms with E-state index in [0.717, 1.165) is 30.3 Å². The van der Waals surface area contributed by atoms with Crippen LogP contribution in [0.2, 0.25) is 0 Å². The van der Waals surface area contributed by atoms with Gasteiger partial charge in [0.15, 0.2) is 0 Å².